The minimum atomic E-state index is -6.21. The zero-order valence-electron chi connectivity index (χ0n) is 40.9. The van der Waals surface area contributed by atoms with Crippen molar-refractivity contribution < 1.29 is 104 Å². The number of nitrogens with two attached hydrogens (primary N) is 3. The summed E-state index contributed by atoms with van der Waals surface area (Å²) in [6, 6.07) is 0. The number of hydrogen-bond donors (Lipinski definition) is 12. The molecule has 0 aromatic carbocycles. The number of phosphoric acid groups is 3. The van der Waals surface area contributed by atoms with Crippen LogP contribution in [0.4, 0.5) is 17.7 Å². The van der Waals surface area contributed by atoms with Gasteiger partial charge in [0.15, 0.2) is 35.1 Å². The molecule has 3 saturated heterocycles. The van der Waals surface area contributed by atoms with Gasteiger partial charge in [0, 0.05) is 19.6 Å². The van der Waals surface area contributed by atoms with Gasteiger partial charge in [0.05, 0.1) is 52.2 Å². The first kappa shape index (κ1) is 58.3. The van der Waals surface area contributed by atoms with Crippen molar-refractivity contribution in [3.8, 4) is 0 Å². The molecule has 0 saturated carbocycles. The maximum absolute atomic E-state index is 14.5. The van der Waals surface area contributed by atoms with E-state index in [1.807, 2.05) is 0 Å². The summed E-state index contributed by atoms with van der Waals surface area (Å²) in [4.78, 5) is 97.6. The van der Waals surface area contributed by atoms with Gasteiger partial charge >= 0.3 is 36.6 Å². The molecule has 0 radical (unpaired) electrons. The fraction of sp³-hybridized carbons (Fsp3) is 0.541. The second kappa shape index (κ2) is 22.5. The number of fused-ring (bicyclic) bond motifs is 3. The van der Waals surface area contributed by atoms with Crippen LogP contribution >= 0.6 is 31.1 Å². The fourth-order valence-corrected chi connectivity index (χ4v) is 14.6. The number of phosphoric ester groups is 2. The third-order valence-electron chi connectivity index (χ3n) is 12.7. The van der Waals surface area contributed by atoms with E-state index in [9.17, 15) is 62.7 Å². The largest absolute Gasteiger partial charge is 0.490 e. The standard InChI is InChI=1S/C37H51N15O23P4/c1-4-6-67-7-5-15-16(71-33(22(15)53)52-14-49(2)21-30(52)46-37(40)48-32(21)57)8-69-77(60,61)74-79(64,65)75-78(62,63)70-10-18-26(25(66-3)35(73-18)50-12-43-19-27(38)41-11-42-28(19)50)76(58,59)68-9-17-23(54)24(55)34(72-17)51-13-44-20-29(51)45-36(39)47-31(20)56/h4,11-18,22-26,33-35,53-55H,1,5-10H2,2-3H3,(H11-,38,39,40,41,42,45,46,47,48,56,57,58,59,60,61,62,63,64,65)/p+1/t15-,16-,17-,18-,22-,23-,24-,25-,26-,33?,34-,35-/m1/s1. The van der Waals surface area contributed by atoms with Crippen molar-refractivity contribution in [3.05, 3.63) is 58.7 Å². The van der Waals surface area contributed by atoms with Crippen LogP contribution in [0.1, 0.15) is 25.1 Å². The molecule has 432 valence electrons. The molecule has 3 fully saturated rings. The van der Waals surface area contributed by atoms with Gasteiger partial charge in [0.2, 0.25) is 24.5 Å². The van der Waals surface area contributed by atoms with Crippen LogP contribution in [0.3, 0.4) is 0 Å². The molecule has 3 aliphatic rings. The van der Waals surface area contributed by atoms with Crippen molar-refractivity contribution in [3.63, 3.8) is 0 Å². The fourth-order valence-electron chi connectivity index (χ4n) is 9.32. The van der Waals surface area contributed by atoms with Crippen LogP contribution in [-0.4, -0.2) is 177 Å². The van der Waals surface area contributed by atoms with Gasteiger partial charge in [-0.2, -0.15) is 23.2 Å². The van der Waals surface area contributed by atoms with Gasteiger partial charge in [-0.25, -0.2) is 38.2 Å². The van der Waals surface area contributed by atoms with Gasteiger partial charge in [-0.15, -0.1) is 6.58 Å². The number of hydrogen-bond acceptors (Lipinski definition) is 28. The molecule has 0 bridgehead atoms. The number of nitrogens with one attached hydrogen (secondary N) is 2. The Morgan fingerprint density at radius 2 is 1.30 bits per heavy atom. The molecule has 0 aliphatic carbocycles. The number of ether oxygens (including phenoxy) is 5. The summed E-state index contributed by atoms with van der Waals surface area (Å²) in [6.07, 6.45) is -9.71. The third kappa shape index (κ3) is 11.9. The molecule has 9 rings (SSSR count). The zero-order valence-corrected chi connectivity index (χ0v) is 44.5. The van der Waals surface area contributed by atoms with Crippen molar-refractivity contribution in [2.24, 2.45) is 13.0 Å². The average molecular weight is 1200 g/mol. The molecule has 0 spiro atoms. The Bertz CT molecular complexity index is 3580. The summed E-state index contributed by atoms with van der Waals surface area (Å²) in [5.41, 5.74) is 13.8. The number of aliphatic hydroxyl groups excluding tert-OH is 3. The molecule has 3 aliphatic heterocycles. The van der Waals surface area contributed by atoms with E-state index in [1.165, 1.54) is 33.2 Å². The van der Waals surface area contributed by atoms with Crippen LogP contribution < -0.4 is 32.9 Å². The summed E-state index contributed by atoms with van der Waals surface area (Å²) in [7, 11) is -20.7. The Balaban J connectivity index is 0.891. The Morgan fingerprint density at radius 3 is 1.97 bits per heavy atom. The molecule has 6 aromatic rings. The number of rotatable bonds is 23. The number of methoxy groups -OCH3 is 1. The van der Waals surface area contributed by atoms with Gasteiger partial charge in [-0.1, -0.05) is 6.08 Å². The molecule has 9 heterocycles. The van der Waals surface area contributed by atoms with Crippen LogP contribution in [0.25, 0.3) is 33.5 Å². The highest BCUT2D eigenvalue weighted by atomic mass is 31.3. The second-order valence-electron chi connectivity index (χ2n) is 17.8. The van der Waals surface area contributed by atoms with Gasteiger partial charge in [-0.05, 0) is 6.42 Å². The highest BCUT2D eigenvalue weighted by Crippen LogP contribution is 2.68. The molecule has 6 aromatic heterocycles. The lowest BCUT2D eigenvalue weighted by molar-refractivity contribution is -0.646. The molecular formula is C37H52N15O23P4+. The van der Waals surface area contributed by atoms with Gasteiger partial charge < -0.3 is 80.3 Å². The van der Waals surface area contributed by atoms with Crippen molar-refractivity contribution in [2.45, 2.75) is 73.5 Å². The van der Waals surface area contributed by atoms with Crippen molar-refractivity contribution >= 4 is 82.3 Å². The van der Waals surface area contributed by atoms with Crippen LogP contribution in [-0.2, 0) is 71.2 Å². The normalized spacial score (nSPS) is 29.5. The van der Waals surface area contributed by atoms with Crippen molar-refractivity contribution in [2.75, 3.05) is 57.3 Å². The van der Waals surface area contributed by atoms with Crippen molar-refractivity contribution in [1.82, 2.24) is 53.6 Å². The number of aliphatic hydroxyl groups is 3. The van der Waals surface area contributed by atoms with E-state index in [1.54, 1.807) is 0 Å². The molecule has 79 heavy (non-hydrogen) atoms. The third-order valence-corrected chi connectivity index (χ3v) is 18.9. The Kier molecular flexibility index (Phi) is 16.6. The number of aromatic amines is 2. The summed E-state index contributed by atoms with van der Waals surface area (Å²) in [6.45, 7) is 0.461. The lowest BCUT2D eigenvalue weighted by atomic mass is 9.95. The smallest absolute Gasteiger partial charge is 0.387 e. The monoisotopic (exact) mass is 1200 g/mol. The zero-order chi connectivity index (χ0) is 57.1. The summed E-state index contributed by atoms with van der Waals surface area (Å²) >= 11 is 0. The molecular weight excluding hydrogens is 1150 g/mol. The molecule has 38 nitrogen and oxygen atoms in total. The SMILES string of the molecule is C=CCOCC[C@@H]1[C@@H](COP(=O)(O)OP(=O)(O)OP(=O)(O)OC[C@H]2O[C@@H](n3cnc4c(N)ncnc43)[C@H](OC)[C@@H]2P(=O)(O)OC[C@H]2O[C@@H](n3cnc4c(=O)[nH]c(N)nc43)[C@H](O)[C@@H]2O)OC(n2c[n+](C)c3c(=O)[nH]c(N)nc32)[C@@H]1O. The quantitative estimate of drug-likeness (QED) is 0.0133. The topological polar surface area (TPSA) is 542 Å². The van der Waals surface area contributed by atoms with Gasteiger partial charge in [0.1, 0.15) is 54.1 Å². The lowest BCUT2D eigenvalue weighted by Crippen LogP contribution is -2.38. The molecule has 0 amide bonds. The van der Waals surface area contributed by atoms with E-state index in [2.05, 4.69) is 55.1 Å². The van der Waals surface area contributed by atoms with Crippen LogP contribution in [0.2, 0.25) is 0 Å². The summed E-state index contributed by atoms with van der Waals surface area (Å²) in [5, 5.41) is 33.5. The van der Waals surface area contributed by atoms with E-state index < -0.39 is 135 Å². The highest BCUT2D eigenvalue weighted by molar-refractivity contribution is 7.66. The van der Waals surface area contributed by atoms with E-state index in [0.717, 1.165) is 30.7 Å². The number of aryl methyl sites for hydroxylation is 1. The minimum absolute atomic E-state index is 0.000491. The second-order valence-corrected chi connectivity index (χ2v) is 24.4. The molecule has 5 unspecified atom stereocenters. The minimum Gasteiger partial charge on any atom is -0.387 e. The summed E-state index contributed by atoms with van der Waals surface area (Å²) in [5.74, 6) is -1.64. The first-order chi connectivity index (χ1) is 37.2. The van der Waals surface area contributed by atoms with E-state index >= 15 is 0 Å². The first-order valence-corrected chi connectivity index (χ1v) is 29.2. The predicted octanol–water partition coefficient (Wildman–Crippen LogP) is -2.79. The number of nitrogens with zero attached hydrogens (tertiary/aromatic N) is 10. The maximum atomic E-state index is 14.5. The molecule has 15 N–H and O–H groups in total. The van der Waals surface area contributed by atoms with Crippen LogP contribution in [0, 0.1) is 5.92 Å². The Hall–Kier alpha value is -5.37. The van der Waals surface area contributed by atoms with Gasteiger partial charge in [0.25, 0.3) is 16.7 Å². The summed E-state index contributed by atoms with van der Waals surface area (Å²) < 4.78 is 112. The number of aromatic nitrogens is 12. The van der Waals surface area contributed by atoms with Gasteiger partial charge in [-0.3, -0.25) is 42.3 Å². The average Bonchev–Trinajstić information content (AvgIpc) is 4.38. The van der Waals surface area contributed by atoms with E-state index in [-0.39, 0.29) is 70.8 Å². The molecule has 42 heteroatoms. The number of H-pyrrole nitrogens is 2. The lowest BCUT2D eigenvalue weighted by Gasteiger charge is -2.28. The first-order valence-electron chi connectivity index (χ1n) is 23.0. The molecule has 16 atom stereocenters. The van der Waals surface area contributed by atoms with E-state index in [4.69, 9.17) is 54.5 Å². The number of imidazole rings is 3. The number of nitrogen functional groups attached to an aromatic ring is 3. The van der Waals surface area contributed by atoms with Crippen molar-refractivity contribution in [1.29, 1.82) is 0 Å². The maximum Gasteiger partial charge on any atom is 0.490 e. The predicted molar refractivity (Wildman–Crippen MR) is 261 cm³/mol. The van der Waals surface area contributed by atoms with E-state index in [0.29, 0.717) is 0 Å². The van der Waals surface area contributed by atoms with Crippen LogP contribution in [0.15, 0.2) is 47.6 Å². The highest BCUT2D eigenvalue weighted by Gasteiger charge is 2.58. The van der Waals surface area contributed by atoms with Crippen LogP contribution in [0.5, 0.6) is 0 Å². The number of anilines is 3. The Morgan fingerprint density at radius 1 is 0.722 bits per heavy atom. The Labute approximate surface area is 441 Å².